The van der Waals surface area contributed by atoms with Gasteiger partial charge < -0.3 is 10.2 Å². The molecule has 0 saturated heterocycles. The lowest BCUT2D eigenvalue weighted by Crippen LogP contribution is -2.30. The largest absolute Gasteiger partial charge is 0.359 e. The molecule has 3 heteroatoms. The van der Waals surface area contributed by atoms with Gasteiger partial charge in [0.05, 0.1) is 22.6 Å². The summed E-state index contributed by atoms with van der Waals surface area (Å²) in [6.07, 6.45) is 8.61. The maximum atomic E-state index is 5.27. The van der Waals surface area contributed by atoms with E-state index < -0.39 is 0 Å². The summed E-state index contributed by atoms with van der Waals surface area (Å²) in [6, 6.07) is 64.4. The maximum Gasteiger partial charge on any atom is 0.123 e. The van der Waals surface area contributed by atoms with Gasteiger partial charge in [0.2, 0.25) is 0 Å². The van der Waals surface area contributed by atoms with Crippen LogP contribution in [-0.4, -0.2) is 11.1 Å². The van der Waals surface area contributed by atoms with Crippen molar-refractivity contribution in [3.8, 4) is 44.6 Å². The van der Waals surface area contributed by atoms with E-state index in [4.69, 9.17) is 4.98 Å². The van der Waals surface area contributed by atoms with E-state index in [0.717, 1.165) is 33.5 Å². The van der Waals surface area contributed by atoms with Gasteiger partial charge in [-0.05, 0) is 101 Å². The molecule has 0 aliphatic carbocycles. The van der Waals surface area contributed by atoms with Gasteiger partial charge in [0.25, 0.3) is 0 Å². The molecule has 9 aromatic carbocycles. The van der Waals surface area contributed by atoms with E-state index in [-0.39, 0.29) is 6.17 Å². The van der Waals surface area contributed by atoms with Crippen LogP contribution in [0.2, 0.25) is 0 Å². The van der Waals surface area contributed by atoms with Crippen molar-refractivity contribution in [1.82, 2.24) is 4.98 Å². The fraction of sp³-hybridized carbons (Fsp3) is 0.0185. The number of allylic oxidation sites excluding steroid dienone is 2. The van der Waals surface area contributed by atoms with E-state index in [1.807, 2.05) is 0 Å². The molecule has 0 bridgehead atoms. The van der Waals surface area contributed by atoms with Crippen LogP contribution in [0.4, 0.5) is 11.4 Å². The third-order valence-electron chi connectivity index (χ3n) is 12.0. The Bertz CT molecular complexity index is 3330. The maximum absolute atomic E-state index is 5.27. The molecule has 266 valence electrons. The van der Waals surface area contributed by atoms with Gasteiger partial charge in [0.1, 0.15) is 6.17 Å². The van der Waals surface area contributed by atoms with Gasteiger partial charge in [-0.3, -0.25) is 0 Å². The number of anilines is 2. The lowest BCUT2D eigenvalue weighted by Gasteiger charge is -2.23. The predicted molar refractivity (Wildman–Crippen MR) is 242 cm³/mol. The van der Waals surface area contributed by atoms with Crippen molar-refractivity contribution < 1.29 is 0 Å². The zero-order valence-corrected chi connectivity index (χ0v) is 31.0. The van der Waals surface area contributed by atoms with Crippen LogP contribution in [0.1, 0.15) is 0 Å². The average molecular weight is 726 g/mol. The number of para-hydroxylation sites is 1. The standard InChI is InChI=1S/C54H35N3/c1-3-17-39-35(13-1)15-11-22-41(39)50-43-19-5-6-20-44(43)51(42-23-12-16-36-14-2-4-18-40(36)42)47-33-38(30-31-45(47)50)34-26-28-37(29-27-34)52-54-53(46-21-7-8-24-48(46)55-52)56-49-25-9-10-32-57(49)54/h1-33,49,56H. The highest BCUT2D eigenvalue weighted by atomic mass is 15.3. The Morgan fingerprint density at radius 1 is 0.439 bits per heavy atom. The highest BCUT2D eigenvalue weighted by molar-refractivity contribution is 6.25. The summed E-state index contributed by atoms with van der Waals surface area (Å²) < 4.78 is 0. The molecule has 0 radical (unpaired) electrons. The first-order valence-corrected chi connectivity index (χ1v) is 19.7. The Balaban J connectivity index is 1.09. The molecule has 0 saturated carbocycles. The van der Waals surface area contributed by atoms with E-state index in [1.54, 1.807) is 0 Å². The average Bonchev–Trinajstić information content (AvgIpc) is 3.68. The number of nitrogens with one attached hydrogen (secondary N) is 1. The summed E-state index contributed by atoms with van der Waals surface area (Å²) in [6.45, 7) is 0. The van der Waals surface area contributed by atoms with E-state index in [2.05, 4.69) is 211 Å². The van der Waals surface area contributed by atoms with E-state index in [1.165, 1.54) is 76.5 Å². The van der Waals surface area contributed by atoms with Crippen molar-refractivity contribution >= 4 is 65.4 Å². The second-order valence-corrected chi connectivity index (χ2v) is 15.1. The van der Waals surface area contributed by atoms with Crippen LogP contribution >= 0.6 is 0 Å². The molecule has 1 N–H and O–H groups in total. The lowest BCUT2D eigenvalue weighted by molar-refractivity contribution is 0.907. The minimum atomic E-state index is 0.0685. The molecule has 0 fully saturated rings. The van der Waals surface area contributed by atoms with Crippen LogP contribution in [0.3, 0.4) is 0 Å². The number of nitrogens with zero attached hydrogens (tertiary/aromatic N) is 2. The molecule has 10 aromatic rings. The van der Waals surface area contributed by atoms with Crippen LogP contribution in [0.25, 0.3) is 98.6 Å². The number of fused-ring (bicyclic) bond motifs is 9. The lowest BCUT2D eigenvalue weighted by atomic mass is 9.83. The molecular weight excluding hydrogens is 691 g/mol. The molecule has 3 heterocycles. The van der Waals surface area contributed by atoms with E-state index in [9.17, 15) is 0 Å². The molecule has 2 aliphatic heterocycles. The Labute approximate surface area is 330 Å². The van der Waals surface area contributed by atoms with Crippen LogP contribution in [0, 0.1) is 0 Å². The molecule has 12 rings (SSSR count). The van der Waals surface area contributed by atoms with Gasteiger partial charge >= 0.3 is 0 Å². The molecule has 1 unspecified atom stereocenters. The zero-order chi connectivity index (χ0) is 37.5. The third kappa shape index (κ3) is 4.89. The SMILES string of the molecule is C1=CC2Nc3c(c(-c4ccc(-c5ccc6c(-c7cccc8ccccc78)c7ccccc7c(-c7cccc8ccccc78)c6c5)cc4)nc4ccccc34)N2C=C1. The summed E-state index contributed by atoms with van der Waals surface area (Å²) in [5, 5.41) is 14.9. The van der Waals surface area contributed by atoms with Gasteiger partial charge in [-0.15, -0.1) is 0 Å². The Hall–Kier alpha value is -7.49. The summed E-state index contributed by atoms with van der Waals surface area (Å²) in [4.78, 5) is 7.57. The van der Waals surface area contributed by atoms with Crippen molar-refractivity contribution in [3.05, 3.63) is 200 Å². The first-order valence-electron chi connectivity index (χ1n) is 19.7. The second-order valence-electron chi connectivity index (χ2n) is 15.1. The number of benzene rings is 9. The number of hydrogen-bond donors (Lipinski definition) is 1. The van der Waals surface area contributed by atoms with Crippen molar-refractivity contribution in [2.45, 2.75) is 6.17 Å². The molecule has 1 aromatic heterocycles. The highest BCUT2D eigenvalue weighted by Gasteiger charge is 2.32. The number of aromatic nitrogens is 1. The Morgan fingerprint density at radius 2 is 0.982 bits per heavy atom. The molecule has 3 nitrogen and oxygen atoms in total. The monoisotopic (exact) mass is 725 g/mol. The van der Waals surface area contributed by atoms with Gasteiger partial charge in [-0.25, -0.2) is 4.98 Å². The molecule has 57 heavy (non-hydrogen) atoms. The van der Waals surface area contributed by atoms with Gasteiger partial charge in [0.15, 0.2) is 0 Å². The normalized spacial score (nSPS) is 14.5. The Morgan fingerprint density at radius 3 is 1.68 bits per heavy atom. The van der Waals surface area contributed by atoms with Crippen molar-refractivity contribution in [2.24, 2.45) is 0 Å². The third-order valence-corrected chi connectivity index (χ3v) is 12.0. The summed E-state index contributed by atoms with van der Waals surface area (Å²) >= 11 is 0. The predicted octanol–water partition coefficient (Wildman–Crippen LogP) is 14.2. The number of rotatable bonds is 4. The first-order chi connectivity index (χ1) is 28.3. The summed E-state index contributed by atoms with van der Waals surface area (Å²) in [5.74, 6) is 0. The van der Waals surface area contributed by atoms with Gasteiger partial charge in [-0.2, -0.15) is 0 Å². The minimum Gasteiger partial charge on any atom is -0.359 e. The van der Waals surface area contributed by atoms with E-state index in [0.29, 0.717) is 0 Å². The van der Waals surface area contributed by atoms with Crippen molar-refractivity contribution in [2.75, 3.05) is 10.2 Å². The highest BCUT2D eigenvalue weighted by Crippen LogP contribution is 2.49. The minimum absolute atomic E-state index is 0.0685. The smallest absolute Gasteiger partial charge is 0.123 e. The molecule has 2 aliphatic rings. The van der Waals surface area contributed by atoms with Crippen LogP contribution < -0.4 is 10.2 Å². The van der Waals surface area contributed by atoms with Crippen LogP contribution in [0.5, 0.6) is 0 Å². The molecule has 0 spiro atoms. The van der Waals surface area contributed by atoms with E-state index >= 15 is 0 Å². The molecule has 0 amide bonds. The fourth-order valence-corrected chi connectivity index (χ4v) is 9.42. The molecule has 1 atom stereocenters. The Kier molecular flexibility index (Phi) is 6.99. The topological polar surface area (TPSA) is 28.2 Å². The van der Waals surface area contributed by atoms with Gasteiger partial charge in [-0.1, -0.05) is 170 Å². The number of pyridine rings is 1. The van der Waals surface area contributed by atoms with Crippen molar-refractivity contribution in [1.29, 1.82) is 0 Å². The molecular formula is C54H35N3. The first kappa shape index (κ1) is 31.8. The van der Waals surface area contributed by atoms with Crippen LogP contribution in [0.15, 0.2) is 200 Å². The number of hydrogen-bond acceptors (Lipinski definition) is 3. The quantitative estimate of drug-likeness (QED) is 0.183. The summed E-state index contributed by atoms with van der Waals surface area (Å²) in [5.41, 5.74) is 12.7. The summed E-state index contributed by atoms with van der Waals surface area (Å²) in [7, 11) is 0. The van der Waals surface area contributed by atoms with Crippen molar-refractivity contribution in [3.63, 3.8) is 0 Å². The van der Waals surface area contributed by atoms with Crippen LogP contribution in [-0.2, 0) is 0 Å². The van der Waals surface area contributed by atoms with Gasteiger partial charge in [0, 0.05) is 17.1 Å². The second kappa shape index (κ2) is 12.5. The fourth-order valence-electron chi connectivity index (χ4n) is 9.42. The zero-order valence-electron chi connectivity index (χ0n) is 31.0.